The van der Waals surface area contributed by atoms with Gasteiger partial charge in [0.1, 0.15) is 18.1 Å². The highest BCUT2D eigenvalue weighted by atomic mass is 16.5. The third-order valence-corrected chi connectivity index (χ3v) is 7.16. The fourth-order valence-electron chi connectivity index (χ4n) is 4.77. The summed E-state index contributed by atoms with van der Waals surface area (Å²) in [5, 5.41) is 2.80. The van der Waals surface area contributed by atoms with Gasteiger partial charge in [-0.15, -0.1) is 0 Å². The summed E-state index contributed by atoms with van der Waals surface area (Å²) in [7, 11) is 3.46. The summed E-state index contributed by atoms with van der Waals surface area (Å²) in [6, 6.07) is 15.7. The Morgan fingerprint density at radius 1 is 1.13 bits per heavy atom. The molecule has 0 radical (unpaired) electrons. The van der Waals surface area contributed by atoms with E-state index in [1.54, 1.807) is 37.3 Å². The van der Waals surface area contributed by atoms with Crippen molar-refractivity contribution in [1.29, 1.82) is 0 Å². The average molecular weight is 532 g/mol. The molecule has 0 bridgehead atoms. The van der Waals surface area contributed by atoms with E-state index >= 15 is 0 Å². The van der Waals surface area contributed by atoms with E-state index in [0.717, 1.165) is 19.5 Å². The molecule has 1 aromatic heterocycles. The number of anilines is 1. The monoisotopic (exact) mass is 531 g/mol. The maximum atomic E-state index is 13.6. The van der Waals surface area contributed by atoms with Crippen LogP contribution in [0.5, 0.6) is 5.75 Å². The Morgan fingerprint density at radius 2 is 1.92 bits per heavy atom. The van der Waals surface area contributed by atoms with Crippen molar-refractivity contribution < 1.29 is 19.1 Å². The zero-order valence-electron chi connectivity index (χ0n) is 23.0. The number of methoxy groups -OCH3 is 1. The summed E-state index contributed by atoms with van der Waals surface area (Å²) in [4.78, 5) is 38.3. The SMILES string of the molecule is CO[C@H]1CN(C)C(=O)c2cc(NC(=O)c3cnccn3)ccc2OC[C@@H](C)N(CCc2ccccc2)C[C@@H]1C. The molecule has 0 aliphatic carbocycles. The van der Waals surface area contributed by atoms with Gasteiger partial charge in [-0.25, -0.2) is 4.98 Å². The van der Waals surface area contributed by atoms with E-state index in [0.29, 0.717) is 30.2 Å². The van der Waals surface area contributed by atoms with Crippen LogP contribution < -0.4 is 10.1 Å². The van der Waals surface area contributed by atoms with E-state index in [1.807, 2.05) is 6.07 Å². The number of benzene rings is 2. The van der Waals surface area contributed by atoms with Crippen molar-refractivity contribution in [2.45, 2.75) is 32.4 Å². The number of hydrogen-bond acceptors (Lipinski definition) is 7. The molecule has 2 heterocycles. The number of likely N-dealkylation sites (N-methyl/N-ethyl adjacent to an activating group) is 1. The van der Waals surface area contributed by atoms with E-state index in [9.17, 15) is 9.59 Å². The van der Waals surface area contributed by atoms with Crippen molar-refractivity contribution in [2.24, 2.45) is 5.92 Å². The fourth-order valence-corrected chi connectivity index (χ4v) is 4.77. The van der Waals surface area contributed by atoms with Crippen molar-refractivity contribution >= 4 is 17.5 Å². The summed E-state index contributed by atoms with van der Waals surface area (Å²) in [5.41, 5.74) is 2.32. The van der Waals surface area contributed by atoms with Gasteiger partial charge in [-0.2, -0.15) is 0 Å². The van der Waals surface area contributed by atoms with E-state index in [1.165, 1.54) is 24.2 Å². The van der Waals surface area contributed by atoms with Gasteiger partial charge >= 0.3 is 0 Å². The molecule has 1 aliphatic rings. The minimum absolute atomic E-state index is 0.102. The second-order valence-electron chi connectivity index (χ2n) is 10.1. The molecule has 0 fully saturated rings. The minimum Gasteiger partial charge on any atom is -0.491 e. The molecule has 0 saturated carbocycles. The van der Waals surface area contributed by atoms with Gasteiger partial charge in [0.25, 0.3) is 11.8 Å². The van der Waals surface area contributed by atoms with E-state index in [2.05, 4.69) is 58.3 Å². The van der Waals surface area contributed by atoms with Crippen LogP contribution in [0.15, 0.2) is 67.1 Å². The van der Waals surface area contributed by atoms with E-state index in [-0.39, 0.29) is 29.7 Å². The first kappa shape index (κ1) is 28.2. The third-order valence-electron chi connectivity index (χ3n) is 7.16. The number of fused-ring (bicyclic) bond motifs is 1. The molecule has 9 heteroatoms. The lowest BCUT2D eigenvalue weighted by atomic mass is 10.0. The van der Waals surface area contributed by atoms with Gasteiger partial charge < -0.3 is 19.7 Å². The molecule has 4 rings (SSSR count). The van der Waals surface area contributed by atoms with Crippen LogP contribution in [-0.4, -0.2) is 84.1 Å². The first-order valence-corrected chi connectivity index (χ1v) is 13.3. The molecule has 1 aliphatic heterocycles. The van der Waals surface area contributed by atoms with Gasteiger partial charge in [-0.1, -0.05) is 37.3 Å². The molecular weight excluding hydrogens is 494 g/mol. The molecule has 0 spiro atoms. The van der Waals surface area contributed by atoms with E-state index in [4.69, 9.17) is 9.47 Å². The summed E-state index contributed by atoms with van der Waals surface area (Å²) in [6.07, 6.45) is 5.13. The molecule has 39 heavy (non-hydrogen) atoms. The number of amides is 2. The standard InChI is InChI=1S/C30H37N5O4/c1-21-18-35(15-12-23-8-6-5-7-9-23)22(2)20-39-27-11-10-24(33-29(36)26-17-31-13-14-32-26)16-25(27)30(37)34(3)19-28(21)38-4/h5-11,13-14,16-17,21-22,28H,12,15,18-20H2,1-4H3,(H,33,36)/t21-,22+,28-/m0/s1. The van der Waals surface area contributed by atoms with Crippen LogP contribution in [0.4, 0.5) is 5.69 Å². The fraction of sp³-hybridized carbons (Fsp3) is 0.400. The lowest BCUT2D eigenvalue weighted by Gasteiger charge is -2.36. The Bertz CT molecular complexity index is 1240. The Morgan fingerprint density at radius 3 is 2.64 bits per heavy atom. The van der Waals surface area contributed by atoms with Crippen molar-refractivity contribution in [1.82, 2.24) is 19.8 Å². The van der Waals surface area contributed by atoms with Crippen LogP contribution in [0.2, 0.25) is 0 Å². The van der Waals surface area contributed by atoms with Gasteiger partial charge in [0.05, 0.1) is 17.9 Å². The number of carbonyl (C=O) groups is 2. The molecule has 9 nitrogen and oxygen atoms in total. The van der Waals surface area contributed by atoms with E-state index < -0.39 is 5.91 Å². The maximum Gasteiger partial charge on any atom is 0.275 e. The molecule has 0 unspecified atom stereocenters. The van der Waals surface area contributed by atoms with Crippen LogP contribution >= 0.6 is 0 Å². The summed E-state index contributed by atoms with van der Waals surface area (Å²) < 4.78 is 12.1. The first-order chi connectivity index (χ1) is 18.9. The van der Waals surface area contributed by atoms with Crippen LogP contribution in [0.1, 0.15) is 40.3 Å². The van der Waals surface area contributed by atoms with Crippen molar-refractivity contribution in [3.63, 3.8) is 0 Å². The third kappa shape index (κ3) is 7.40. The number of aromatic nitrogens is 2. The molecule has 2 amide bonds. The molecule has 206 valence electrons. The van der Waals surface area contributed by atoms with Gasteiger partial charge in [-0.05, 0) is 43.0 Å². The lowest BCUT2D eigenvalue weighted by Crippen LogP contribution is -2.47. The van der Waals surface area contributed by atoms with Gasteiger partial charge in [0.2, 0.25) is 0 Å². The predicted octanol–water partition coefficient (Wildman–Crippen LogP) is 3.78. The maximum absolute atomic E-state index is 13.6. The Kier molecular flexibility index (Phi) is 9.62. The minimum atomic E-state index is -0.408. The molecule has 2 aromatic carbocycles. The molecule has 3 atom stereocenters. The smallest absolute Gasteiger partial charge is 0.275 e. The summed E-state index contributed by atoms with van der Waals surface area (Å²) in [5.74, 6) is 0.0414. The molecular formula is C30H37N5O4. The lowest BCUT2D eigenvalue weighted by molar-refractivity contribution is 0.0109. The number of nitrogens with zero attached hydrogens (tertiary/aromatic N) is 4. The zero-order chi connectivity index (χ0) is 27.8. The van der Waals surface area contributed by atoms with Crippen molar-refractivity contribution in [3.05, 3.63) is 83.9 Å². The number of hydrogen-bond donors (Lipinski definition) is 1. The van der Waals surface area contributed by atoms with Crippen molar-refractivity contribution in [3.8, 4) is 5.75 Å². The summed E-state index contributed by atoms with van der Waals surface area (Å²) >= 11 is 0. The largest absolute Gasteiger partial charge is 0.491 e. The highest BCUT2D eigenvalue weighted by Gasteiger charge is 2.28. The Balaban J connectivity index is 1.58. The number of nitrogens with one attached hydrogen (secondary N) is 1. The summed E-state index contributed by atoms with van der Waals surface area (Å²) in [6.45, 7) is 6.84. The second-order valence-corrected chi connectivity index (χ2v) is 10.1. The van der Waals surface area contributed by atoms with Crippen LogP contribution in [0, 0.1) is 5.92 Å². The van der Waals surface area contributed by atoms with Gasteiger partial charge in [-0.3, -0.25) is 19.5 Å². The second kappa shape index (κ2) is 13.3. The Hall–Kier alpha value is -3.82. The zero-order valence-corrected chi connectivity index (χ0v) is 23.0. The van der Waals surface area contributed by atoms with Crippen LogP contribution in [-0.2, 0) is 11.2 Å². The molecule has 1 N–H and O–H groups in total. The molecule has 0 saturated heterocycles. The average Bonchev–Trinajstić information content (AvgIpc) is 2.96. The molecule has 3 aromatic rings. The highest BCUT2D eigenvalue weighted by Crippen LogP contribution is 2.27. The number of rotatable bonds is 6. The first-order valence-electron chi connectivity index (χ1n) is 13.3. The number of carbonyl (C=O) groups excluding carboxylic acids is 2. The van der Waals surface area contributed by atoms with Gasteiger partial charge in [0, 0.05) is 57.9 Å². The Labute approximate surface area is 230 Å². The van der Waals surface area contributed by atoms with Gasteiger partial charge in [0.15, 0.2) is 0 Å². The van der Waals surface area contributed by atoms with Crippen LogP contribution in [0.3, 0.4) is 0 Å². The van der Waals surface area contributed by atoms with Crippen molar-refractivity contribution in [2.75, 3.05) is 45.7 Å². The van der Waals surface area contributed by atoms with Crippen LogP contribution in [0.25, 0.3) is 0 Å². The predicted molar refractivity (Wildman–Crippen MR) is 150 cm³/mol. The topological polar surface area (TPSA) is 96.9 Å². The normalized spacial score (nSPS) is 20.8. The number of ether oxygens (including phenoxy) is 2. The quantitative estimate of drug-likeness (QED) is 0.517. The highest BCUT2D eigenvalue weighted by molar-refractivity contribution is 6.04.